The molecule has 23 heavy (non-hydrogen) atoms. The van der Waals surface area contributed by atoms with Gasteiger partial charge in [-0.25, -0.2) is 4.98 Å². The number of ether oxygens (including phenoxy) is 3. The molecule has 0 fully saturated rings. The summed E-state index contributed by atoms with van der Waals surface area (Å²) in [7, 11) is 0. The van der Waals surface area contributed by atoms with Crippen LogP contribution in [0.25, 0.3) is 0 Å². The first-order valence-electron chi connectivity index (χ1n) is 7.00. The molecule has 0 spiro atoms. The van der Waals surface area contributed by atoms with Crippen molar-refractivity contribution >= 4 is 17.7 Å². The molecule has 2 heterocycles. The normalized spacial score (nSPS) is 12.2. The van der Waals surface area contributed by atoms with Gasteiger partial charge in [-0.3, -0.25) is 4.79 Å². The minimum atomic E-state index is -0.253. The summed E-state index contributed by atoms with van der Waals surface area (Å²) in [5.74, 6) is 2.87. The Bertz CT molecular complexity index is 688. The summed E-state index contributed by atoms with van der Waals surface area (Å²) in [6.45, 7) is 0.932. The van der Waals surface area contributed by atoms with Crippen LogP contribution in [-0.2, 0) is 6.61 Å². The fraction of sp³-hybridized carbons (Fsp3) is 0.333. The zero-order valence-electron chi connectivity index (χ0n) is 12.5. The van der Waals surface area contributed by atoms with Gasteiger partial charge in [-0.1, -0.05) is 0 Å². The third-order valence-corrected chi connectivity index (χ3v) is 3.69. The summed E-state index contributed by atoms with van der Waals surface area (Å²) < 4.78 is 21.3. The highest BCUT2D eigenvalue weighted by molar-refractivity contribution is 7.98. The molecule has 7 nitrogen and oxygen atoms in total. The van der Waals surface area contributed by atoms with Gasteiger partial charge < -0.3 is 23.9 Å². The van der Waals surface area contributed by atoms with Crippen molar-refractivity contribution in [3.05, 3.63) is 36.0 Å². The highest BCUT2D eigenvalue weighted by Gasteiger charge is 2.15. The Kier molecular flexibility index (Phi) is 4.92. The smallest absolute Gasteiger partial charge is 0.273 e. The van der Waals surface area contributed by atoms with Crippen LogP contribution in [-0.4, -0.2) is 36.2 Å². The number of nitrogens with zero attached hydrogens (tertiary/aromatic N) is 1. The minimum absolute atomic E-state index is 0.123. The van der Waals surface area contributed by atoms with E-state index in [2.05, 4.69) is 10.3 Å². The number of carbonyl (C=O) groups is 1. The van der Waals surface area contributed by atoms with Crippen molar-refractivity contribution in [2.24, 2.45) is 0 Å². The molecule has 0 atom stereocenters. The van der Waals surface area contributed by atoms with E-state index in [1.54, 1.807) is 30.0 Å². The molecule has 0 saturated carbocycles. The minimum Gasteiger partial charge on any atom is -0.484 e. The largest absolute Gasteiger partial charge is 0.484 e. The molecule has 8 heteroatoms. The predicted octanol–water partition coefficient (Wildman–Crippen LogP) is 2.08. The number of aromatic nitrogens is 1. The van der Waals surface area contributed by atoms with Crippen LogP contribution < -0.4 is 19.5 Å². The summed E-state index contributed by atoms with van der Waals surface area (Å²) in [4.78, 5) is 15.9. The first-order chi connectivity index (χ1) is 11.3. The highest BCUT2D eigenvalue weighted by Crippen LogP contribution is 2.35. The monoisotopic (exact) mass is 336 g/mol. The number of hydrogen-bond donors (Lipinski definition) is 1. The Hall–Kier alpha value is -2.35. The molecule has 3 rings (SSSR count). The van der Waals surface area contributed by atoms with Crippen LogP contribution in [0.1, 0.15) is 16.4 Å². The average Bonchev–Trinajstić information content (AvgIpc) is 3.21. The third-order valence-electron chi connectivity index (χ3n) is 3.08. The van der Waals surface area contributed by atoms with Crippen LogP contribution in [0.5, 0.6) is 17.2 Å². The maximum Gasteiger partial charge on any atom is 0.273 e. The van der Waals surface area contributed by atoms with E-state index in [-0.39, 0.29) is 25.0 Å². The van der Waals surface area contributed by atoms with Crippen molar-refractivity contribution < 1.29 is 23.4 Å². The van der Waals surface area contributed by atoms with Gasteiger partial charge in [-0.2, -0.15) is 11.8 Å². The van der Waals surface area contributed by atoms with E-state index in [1.165, 1.54) is 6.26 Å². The molecule has 1 aliphatic rings. The first kappa shape index (κ1) is 15.5. The molecule has 0 aliphatic carbocycles. The van der Waals surface area contributed by atoms with Gasteiger partial charge in [0.25, 0.3) is 5.91 Å². The van der Waals surface area contributed by atoms with Crippen LogP contribution in [0.3, 0.4) is 0 Å². The number of amides is 1. The SMILES string of the molecule is CSCCNC(=O)c1coc(COc2ccc3c(c2)OCO3)n1. The molecule has 1 N–H and O–H groups in total. The molecule has 122 valence electrons. The number of benzene rings is 1. The van der Waals surface area contributed by atoms with E-state index < -0.39 is 0 Å². The fourth-order valence-corrected chi connectivity index (χ4v) is 2.26. The van der Waals surface area contributed by atoms with E-state index in [4.69, 9.17) is 18.6 Å². The lowest BCUT2D eigenvalue weighted by Crippen LogP contribution is -2.26. The molecule has 0 bridgehead atoms. The van der Waals surface area contributed by atoms with Crippen molar-refractivity contribution in [3.63, 3.8) is 0 Å². The van der Waals surface area contributed by atoms with Gasteiger partial charge in [-0.05, 0) is 18.4 Å². The van der Waals surface area contributed by atoms with Crippen molar-refractivity contribution in [2.75, 3.05) is 25.3 Å². The number of oxazole rings is 1. The number of nitrogens with one attached hydrogen (secondary N) is 1. The van der Waals surface area contributed by atoms with E-state index in [1.807, 2.05) is 6.26 Å². The zero-order valence-corrected chi connectivity index (χ0v) is 13.4. The van der Waals surface area contributed by atoms with E-state index in [0.717, 1.165) is 5.75 Å². The quantitative estimate of drug-likeness (QED) is 0.775. The molecule has 0 radical (unpaired) electrons. The first-order valence-corrected chi connectivity index (χ1v) is 8.39. The molecule has 0 unspecified atom stereocenters. The van der Waals surface area contributed by atoms with Crippen molar-refractivity contribution in [2.45, 2.75) is 6.61 Å². The predicted molar refractivity (Wildman–Crippen MR) is 84.1 cm³/mol. The summed E-state index contributed by atoms with van der Waals surface area (Å²) in [5, 5.41) is 2.76. The third kappa shape index (κ3) is 3.89. The zero-order chi connectivity index (χ0) is 16.1. The summed E-state index contributed by atoms with van der Waals surface area (Å²) in [5.41, 5.74) is 0.246. The Balaban J connectivity index is 1.54. The number of hydrogen-bond acceptors (Lipinski definition) is 7. The van der Waals surface area contributed by atoms with Gasteiger partial charge in [-0.15, -0.1) is 0 Å². The Morgan fingerprint density at radius 2 is 2.26 bits per heavy atom. The number of carbonyl (C=O) groups excluding carboxylic acids is 1. The van der Waals surface area contributed by atoms with Crippen LogP contribution in [0.15, 0.2) is 28.9 Å². The van der Waals surface area contributed by atoms with Crippen molar-refractivity contribution in [1.29, 1.82) is 0 Å². The molecule has 2 aromatic rings. The molecular weight excluding hydrogens is 320 g/mol. The molecule has 1 amide bonds. The summed E-state index contributed by atoms with van der Waals surface area (Å²) >= 11 is 1.66. The van der Waals surface area contributed by atoms with E-state index in [9.17, 15) is 4.79 Å². The van der Waals surface area contributed by atoms with Gasteiger partial charge in [0.1, 0.15) is 12.0 Å². The van der Waals surface area contributed by atoms with Gasteiger partial charge >= 0.3 is 0 Å². The molecule has 1 aromatic heterocycles. The second-order valence-electron chi connectivity index (χ2n) is 4.68. The topological polar surface area (TPSA) is 82.8 Å². The molecule has 1 aliphatic heterocycles. The van der Waals surface area contributed by atoms with Crippen LogP contribution >= 0.6 is 11.8 Å². The second kappa shape index (κ2) is 7.28. The lowest BCUT2D eigenvalue weighted by Gasteiger charge is -2.04. The number of fused-ring (bicyclic) bond motifs is 1. The number of rotatable bonds is 7. The Morgan fingerprint density at radius 1 is 1.39 bits per heavy atom. The lowest BCUT2D eigenvalue weighted by atomic mass is 10.3. The van der Waals surface area contributed by atoms with Gasteiger partial charge in [0.05, 0.1) is 0 Å². The average molecular weight is 336 g/mol. The number of thioether (sulfide) groups is 1. The van der Waals surface area contributed by atoms with Gasteiger partial charge in [0.2, 0.25) is 12.7 Å². The summed E-state index contributed by atoms with van der Waals surface area (Å²) in [6, 6.07) is 5.28. The second-order valence-corrected chi connectivity index (χ2v) is 5.66. The van der Waals surface area contributed by atoms with Crippen molar-refractivity contribution in [1.82, 2.24) is 10.3 Å². The van der Waals surface area contributed by atoms with Crippen LogP contribution in [0.4, 0.5) is 0 Å². The van der Waals surface area contributed by atoms with Crippen molar-refractivity contribution in [3.8, 4) is 17.2 Å². The lowest BCUT2D eigenvalue weighted by molar-refractivity contribution is 0.0951. The molecule has 0 saturated heterocycles. The van der Waals surface area contributed by atoms with Crippen LogP contribution in [0, 0.1) is 0 Å². The fourth-order valence-electron chi connectivity index (χ4n) is 1.95. The maximum absolute atomic E-state index is 11.8. The Labute approximate surface area is 137 Å². The molecular formula is C15H16N2O5S. The summed E-state index contributed by atoms with van der Waals surface area (Å²) in [6.07, 6.45) is 3.31. The highest BCUT2D eigenvalue weighted by atomic mass is 32.2. The Morgan fingerprint density at radius 3 is 3.13 bits per heavy atom. The van der Waals surface area contributed by atoms with E-state index in [0.29, 0.717) is 29.7 Å². The maximum atomic E-state index is 11.8. The van der Waals surface area contributed by atoms with Gasteiger partial charge in [0.15, 0.2) is 23.8 Å². The van der Waals surface area contributed by atoms with Crippen LogP contribution in [0.2, 0.25) is 0 Å². The standard InChI is InChI=1S/C15H16N2O5S/c1-23-5-4-16-15(18)11-7-20-14(17-11)8-19-10-2-3-12-13(6-10)22-9-21-12/h2-3,6-7H,4-5,8-9H2,1H3,(H,16,18). The van der Waals surface area contributed by atoms with E-state index >= 15 is 0 Å². The molecule has 1 aromatic carbocycles. The van der Waals surface area contributed by atoms with Gasteiger partial charge in [0, 0.05) is 18.4 Å².